The van der Waals surface area contributed by atoms with Gasteiger partial charge in [-0.2, -0.15) is 13.2 Å². The van der Waals surface area contributed by atoms with E-state index in [1.165, 1.54) is 0 Å². The fraction of sp³-hybridized carbons (Fsp3) is 0.571. The van der Waals surface area contributed by atoms with Crippen molar-refractivity contribution in [2.75, 3.05) is 26.9 Å². The summed E-state index contributed by atoms with van der Waals surface area (Å²) in [5.74, 6) is 0.588. The van der Waals surface area contributed by atoms with Gasteiger partial charge in [-0.3, -0.25) is 0 Å². The molecule has 0 aliphatic rings. The summed E-state index contributed by atoms with van der Waals surface area (Å²) in [5.41, 5.74) is 0.896. The van der Waals surface area contributed by atoms with Crippen molar-refractivity contribution in [3.63, 3.8) is 0 Å². The molecule has 0 spiro atoms. The van der Waals surface area contributed by atoms with E-state index in [0.29, 0.717) is 25.4 Å². The van der Waals surface area contributed by atoms with Gasteiger partial charge in [-0.25, -0.2) is 0 Å². The van der Waals surface area contributed by atoms with Gasteiger partial charge in [-0.05, 0) is 28.4 Å². The predicted molar refractivity (Wildman–Crippen MR) is 78.5 cm³/mol. The van der Waals surface area contributed by atoms with Gasteiger partial charge >= 0.3 is 6.18 Å². The second-order valence-electron chi connectivity index (χ2n) is 4.46. The van der Waals surface area contributed by atoms with E-state index in [9.17, 15) is 13.2 Å². The number of hydrogen-bond acceptors (Lipinski definition) is 3. The third kappa shape index (κ3) is 7.68. The van der Waals surface area contributed by atoms with Crippen LogP contribution in [-0.2, 0) is 11.3 Å². The highest BCUT2D eigenvalue weighted by Gasteiger charge is 2.26. The minimum absolute atomic E-state index is 0.0349. The molecule has 0 heterocycles. The van der Waals surface area contributed by atoms with Crippen LogP contribution in [0.3, 0.4) is 0 Å². The van der Waals surface area contributed by atoms with E-state index < -0.39 is 12.6 Å². The number of ether oxygens (including phenoxy) is 2. The third-order valence-corrected chi connectivity index (χ3v) is 3.32. The third-order valence-electron chi connectivity index (χ3n) is 2.70. The Morgan fingerprint density at radius 2 is 2.00 bits per heavy atom. The summed E-state index contributed by atoms with van der Waals surface area (Å²) in [6.45, 7) is 1.89. The molecule has 0 aromatic heterocycles. The van der Waals surface area contributed by atoms with Crippen LogP contribution in [0.15, 0.2) is 22.7 Å². The molecule has 0 aliphatic carbocycles. The number of benzene rings is 1. The van der Waals surface area contributed by atoms with Gasteiger partial charge in [-0.1, -0.05) is 12.1 Å². The number of hydrogen-bond donors (Lipinski definition) is 1. The summed E-state index contributed by atoms with van der Waals surface area (Å²) in [4.78, 5) is 0. The average Bonchev–Trinajstić information content (AvgIpc) is 2.40. The van der Waals surface area contributed by atoms with Crippen molar-refractivity contribution in [3.8, 4) is 5.75 Å². The van der Waals surface area contributed by atoms with Crippen LogP contribution >= 0.6 is 15.9 Å². The summed E-state index contributed by atoms with van der Waals surface area (Å²) < 4.78 is 47.5. The van der Waals surface area contributed by atoms with E-state index in [-0.39, 0.29) is 13.0 Å². The van der Waals surface area contributed by atoms with Crippen LogP contribution in [-0.4, -0.2) is 33.0 Å². The monoisotopic (exact) mass is 369 g/mol. The Morgan fingerprint density at radius 1 is 1.24 bits per heavy atom. The molecule has 7 heteroatoms. The van der Waals surface area contributed by atoms with Gasteiger partial charge in [0.05, 0.1) is 17.7 Å². The maximum Gasteiger partial charge on any atom is 0.389 e. The second-order valence-corrected chi connectivity index (χ2v) is 5.32. The maximum atomic E-state index is 12.1. The SMILES string of the molecule is COCCNCc1cccc(Br)c1OCCCC(F)(F)F. The topological polar surface area (TPSA) is 30.5 Å². The molecule has 0 atom stereocenters. The average molecular weight is 370 g/mol. The lowest BCUT2D eigenvalue weighted by molar-refractivity contribution is -0.136. The first-order chi connectivity index (χ1) is 9.94. The Kier molecular flexibility index (Phi) is 8.06. The zero-order valence-corrected chi connectivity index (χ0v) is 13.4. The molecule has 0 bridgehead atoms. The van der Waals surface area contributed by atoms with E-state index >= 15 is 0 Å². The molecule has 1 N–H and O–H groups in total. The smallest absolute Gasteiger partial charge is 0.389 e. The Morgan fingerprint density at radius 3 is 2.67 bits per heavy atom. The summed E-state index contributed by atoms with van der Waals surface area (Å²) in [6, 6.07) is 5.54. The summed E-state index contributed by atoms with van der Waals surface area (Å²) in [6.07, 6.45) is -5.03. The van der Waals surface area contributed by atoms with E-state index in [4.69, 9.17) is 9.47 Å². The van der Waals surface area contributed by atoms with Gasteiger partial charge in [0.25, 0.3) is 0 Å². The molecule has 1 rings (SSSR count). The van der Waals surface area contributed by atoms with Crippen LogP contribution in [0.5, 0.6) is 5.75 Å². The molecule has 120 valence electrons. The Bertz CT molecular complexity index is 427. The lowest BCUT2D eigenvalue weighted by atomic mass is 10.2. The van der Waals surface area contributed by atoms with Crippen LogP contribution in [0.4, 0.5) is 13.2 Å². The molecule has 0 radical (unpaired) electrons. The van der Waals surface area contributed by atoms with E-state index in [1.807, 2.05) is 12.1 Å². The van der Waals surface area contributed by atoms with E-state index in [0.717, 1.165) is 10.0 Å². The molecule has 0 aliphatic heterocycles. The maximum absolute atomic E-state index is 12.1. The lowest BCUT2D eigenvalue weighted by Crippen LogP contribution is -2.19. The standard InChI is InChI=1S/C14H19BrF3NO2/c1-20-9-7-19-10-11-4-2-5-12(15)13(11)21-8-3-6-14(16,17)18/h2,4-5,19H,3,6-10H2,1H3. The normalized spacial score (nSPS) is 11.7. The zero-order valence-electron chi connectivity index (χ0n) is 11.8. The fourth-order valence-electron chi connectivity index (χ4n) is 1.70. The van der Waals surface area contributed by atoms with Crippen molar-refractivity contribution >= 4 is 15.9 Å². The van der Waals surface area contributed by atoms with Crippen molar-refractivity contribution in [3.05, 3.63) is 28.2 Å². The van der Waals surface area contributed by atoms with Crippen molar-refractivity contribution < 1.29 is 22.6 Å². The second kappa shape index (κ2) is 9.27. The van der Waals surface area contributed by atoms with Crippen molar-refractivity contribution in [2.45, 2.75) is 25.6 Å². The zero-order chi connectivity index (χ0) is 15.7. The highest BCUT2D eigenvalue weighted by molar-refractivity contribution is 9.10. The van der Waals surface area contributed by atoms with Crippen molar-refractivity contribution in [1.82, 2.24) is 5.32 Å². The van der Waals surface area contributed by atoms with Gasteiger partial charge in [0, 0.05) is 32.2 Å². The number of halogens is 4. The molecule has 1 aromatic rings. The van der Waals surface area contributed by atoms with Gasteiger partial charge < -0.3 is 14.8 Å². The molecule has 21 heavy (non-hydrogen) atoms. The van der Waals surface area contributed by atoms with E-state index in [1.54, 1.807) is 13.2 Å². The van der Waals surface area contributed by atoms with Crippen LogP contribution in [0.1, 0.15) is 18.4 Å². The molecule has 0 amide bonds. The minimum atomic E-state index is -4.14. The molecule has 0 saturated carbocycles. The van der Waals surface area contributed by atoms with Crippen LogP contribution in [0.2, 0.25) is 0 Å². The summed E-state index contributed by atoms with van der Waals surface area (Å²) >= 11 is 3.36. The molecule has 0 fully saturated rings. The number of nitrogens with one attached hydrogen (secondary N) is 1. The molecule has 3 nitrogen and oxygen atoms in total. The number of rotatable bonds is 9. The fourth-order valence-corrected chi connectivity index (χ4v) is 2.22. The summed E-state index contributed by atoms with van der Waals surface area (Å²) in [7, 11) is 1.62. The van der Waals surface area contributed by atoms with Crippen LogP contribution in [0.25, 0.3) is 0 Å². The molecular weight excluding hydrogens is 351 g/mol. The highest BCUT2D eigenvalue weighted by atomic mass is 79.9. The van der Waals surface area contributed by atoms with Crippen molar-refractivity contribution in [2.24, 2.45) is 0 Å². The van der Waals surface area contributed by atoms with Gasteiger partial charge in [0.2, 0.25) is 0 Å². The minimum Gasteiger partial charge on any atom is -0.492 e. The van der Waals surface area contributed by atoms with Gasteiger partial charge in [0.15, 0.2) is 0 Å². The molecular formula is C14H19BrF3NO2. The number of alkyl halides is 3. The van der Waals surface area contributed by atoms with Crippen molar-refractivity contribution in [1.29, 1.82) is 0 Å². The van der Waals surface area contributed by atoms with Gasteiger partial charge in [-0.15, -0.1) is 0 Å². The predicted octanol–water partition coefficient (Wildman–Crippen LogP) is 3.91. The first kappa shape index (κ1) is 18.3. The molecule has 0 unspecified atom stereocenters. The van der Waals surface area contributed by atoms with Crippen LogP contribution < -0.4 is 10.1 Å². The Balaban J connectivity index is 2.51. The number of methoxy groups -OCH3 is 1. The Hall–Kier alpha value is -0.790. The lowest BCUT2D eigenvalue weighted by Gasteiger charge is -2.14. The first-order valence-electron chi connectivity index (χ1n) is 6.60. The first-order valence-corrected chi connectivity index (χ1v) is 7.40. The number of para-hydroxylation sites is 1. The molecule has 0 saturated heterocycles. The Labute approximate surface area is 130 Å². The largest absolute Gasteiger partial charge is 0.492 e. The van der Waals surface area contributed by atoms with Crippen LogP contribution in [0, 0.1) is 0 Å². The molecule has 1 aromatic carbocycles. The van der Waals surface area contributed by atoms with Gasteiger partial charge in [0.1, 0.15) is 5.75 Å². The van der Waals surface area contributed by atoms with E-state index in [2.05, 4.69) is 21.2 Å². The quantitative estimate of drug-likeness (QED) is 0.669. The highest BCUT2D eigenvalue weighted by Crippen LogP contribution is 2.30. The summed E-state index contributed by atoms with van der Waals surface area (Å²) in [5, 5.41) is 3.18.